The van der Waals surface area contributed by atoms with E-state index in [9.17, 15) is 19.1 Å². The normalized spacial score (nSPS) is 14.1. The molecule has 0 spiro atoms. The van der Waals surface area contributed by atoms with Crippen LogP contribution >= 0.6 is 11.6 Å². The second-order valence-electron chi connectivity index (χ2n) is 7.01. The first kappa shape index (κ1) is 21.9. The molecule has 0 heterocycles. The number of carbonyl (C=O) groups excluding carboxylic acids is 1. The lowest BCUT2D eigenvalue weighted by Crippen LogP contribution is -2.41. The van der Waals surface area contributed by atoms with Gasteiger partial charge < -0.3 is 15.2 Å². The van der Waals surface area contributed by atoms with E-state index in [1.54, 1.807) is 25.1 Å². The third-order valence-corrected chi connectivity index (χ3v) is 4.89. The van der Waals surface area contributed by atoms with Crippen molar-refractivity contribution in [2.24, 2.45) is 5.41 Å². The van der Waals surface area contributed by atoms with Crippen molar-refractivity contribution in [2.75, 3.05) is 13.7 Å². The van der Waals surface area contributed by atoms with Crippen molar-refractivity contribution in [1.82, 2.24) is 5.32 Å². The average Bonchev–Trinajstić information content (AvgIpc) is 2.64. The average molecular weight is 408 g/mol. The minimum Gasteiger partial charge on any atom is -0.481 e. The SMILES string of the molecule is COC[C@](C)(C[C@@H](Cc1ccc(-c2cc(Cl)ccc2F)cc1)NC=O)C(=O)O. The number of rotatable bonds is 10. The number of carboxylic acid groups (broad SMARTS) is 1. The maximum absolute atomic E-state index is 14.0. The number of ether oxygens (including phenoxy) is 1. The Labute approximate surface area is 168 Å². The molecule has 0 fully saturated rings. The van der Waals surface area contributed by atoms with Crippen LogP contribution in [-0.2, 0) is 20.7 Å². The minimum atomic E-state index is -1.13. The molecule has 0 bridgehead atoms. The zero-order valence-electron chi connectivity index (χ0n) is 15.7. The van der Waals surface area contributed by atoms with Gasteiger partial charge in [0.2, 0.25) is 6.41 Å². The predicted octanol–water partition coefficient (Wildman–Crippen LogP) is 3.93. The smallest absolute Gasteiger partial charge is 0.311 e. The van der Waals surface area contributed by atoms with Crippen LogP contribution in [0.15, 0.2) is 42.5 Å². The number of nitrogens with one attached hydrogen (secondary N) is 1. The molecule has 0 unspecified atom stereocenters. The number of amides is 1. The second-order valence-corrected chi connectivity index (χ2v) is 7.45. The van der Waals surface area contributed by atoms with Crippen molar-refractivity contribution in [3.05, 3.63) is 58.9 Å². The molecular weight excluding hydrogens is 385 g/mol. The van der Waals surface area contributed by atoms with Crippen molar-refractivity contribution in [3.8, 4) is 11.1 Å². The summed E-state index contributed by atoms with van der Waals surface area (Å²) >= 11 is 5.95. The van der Waals surface area contributed by atoms with Gasteiger partial charge in [0.25, 0.3) is 0 Å². The number of methoxy groups -OCH3 is 1. The molecule has 2 rings (SSSR count). The molecule has 0 aromatic heterocycles. The van der Waals surface area contributed by atoms with Gasteiger partial charge in [0.15, 0.2) is 0 Å². The maximum atomic E-state index is 14.0. The van der Waals surface area contributed by atoms with Crippen molar-refractivity contribution < 1.29 is 23.8 Å². The van der Waals surface area contributed by atoms with E-state index in [0.717, 1.165) is 5.56 Å². The molecule has 1 amide bonds. The van der Waals surface area contributed by atoms with E-state index in [-0.39, 0.29) is 24.9 Å². The van der Waals surface area contributed by atoms with E-state index in [0.29, 0.717) is 29.0 Å². The summed E-state index contributed by atoms with van der Waals surface area (Å²) in [5.74, 6) is -1.35. The Bertz CT molecular complexity index is 828. The Morgan fingerprint density at radius 3 is 2.57 bits per heavy atom. The minimum absolute atomic E-state index is 0.0341. The van der Waals surface area contributed by atoms with E-state index in [4.69, 9.17) is 16.3 Å². The summed E-state index contributed by atoms with van der Waals surface area (Å²) in [6.07, 6.45) is 1.21. The van der Waals surface area contributed by atoms with Crippen molar-refractivity contribution in [3.63, 3.8) is 0 Å². The van der Waals surface area contributed by atoms with E-state index in [2.05, 4.69) is 5.32 Å². The lowest BCUT2D eigenvalue weighted by Gasteiger charge is -2.28. The molecule has 7 heteroatoms. The highest BCUT2D eigenvalue weighted by molar-refractivity contribution is 6.30. The Morgan fingerprint density at radius 1 is 1.32 bits per heavy atom. The highest BCUT2D eigenvalue weighted by atomic mass is 35.5. The largest absolute Gasteiger partial charge is 0.481 e. The van der Waals surface area contributed by atoms with Crippen LogP contribution in [0, 0.1) is 11.2 Å². The molecule has 0 saturated heterocycles. The van der Waals surface area contributed by atoms with Crippen LogP contribution in [-0.4, -0.2) is 37.2 Å². The molecule has 0 aliphatic heterocycles. The van der Waals surface area contributed by atoms with Crippen LogP contribution < -0.4 is 5.32 Å². The Kier molecular flexibility index (Phi) is 7.54. The van der Waals surface area contributed by atoms with Gasteiger partial charge in [-0.1, -0.05) is 35.9 Å². The van der Waals surface area contributed by atoms with E-state index in [1.807, 2.05) is 12.1 Å². The van der Waals surface area contributed by atoms with Gasteiger partial charge in [-0.15, -0.1) is 0 Å². The Balaban J connectivity index is 2.18. The van der Waals surface area contributed by atoms with Crippen LogP contribution in [0.2, 0.25) is 5.02 Å². The van der Waals surface area contributed by atoms with Crippen LogP contribution in [0.25, 0.3) is 11.1 Å². The molecule has 0 aliphatic rings. The number of aliphatic carboxylic acids is 1. The van der Waals surface area contributed by atoms with Crippen molar-refractivity contribution >= 4 is 24.0 Å². The van der Waals surface area contributed by atoms with E-state index in [1.165, 1.54) is 19.2 Å². The van der Waals surface area contributed by atoms with Gasteiger partial charge in [-0.3, -0.25) is 9.59 Å². The summed E-state index contributed by atoms with van der Waals surface area (Å²) in [7, 11) is 1.44. The summed E-state index contributed by atoms with van der Waals surface area (Å²) in [6.45, 7) is 1.62. The molecule has 0 aliphatic carbocycles. The third-order valence-electron chi connectivity index (χ3n) is 4.66. The van der Waals surface area contributed by atoms with Crippen molar-refractivity contribution in [2.45, 2.75) is 25.8 Å². The maximum Gasteiger partial charge on any atom is 0.311 e. The van der Waals surface area contributed by atoms with Gasteiger partial charge >= 0.3 is 5.97 Å². The van der Waals surface area contributed by atoms with E-state index < -0.39 is 11.4 Å². The zero-order chi connectivity index (χ0) is 20.7. The first-order chi connectivity index (χ1) is 13.3. The quantitative estimate of drug-likeness (QED) is 0.585. The fraction of sp³-hybridized carbons (Fsp3) is 0.333. The monoisotopic (exact) mass is 407 g/mol. The molecule has 150 valence electrons. The highest BCUT2D eigenvalue weighted by Crippen LogP contribution is 2.28. The summed E-state index contributed by atoms with van der Waals surface area (Å²) in [5.41, 5.74) is 0.841. The molecule has 5 nitrogen and oxygen atoms in total. The zero-order valence-corrected chi connectivity index (χ0v) is 16.5. The van der Waals surface area contributed by atoms with Crippen LogP contribution in [0.3, 0.4) is 0 Å². The molecule has 0 saturated carbocycles. The van der Waals surface area contributed by atoms with E-state index >= 15 is 0 Å². The molecule has 28 heavy (non-hydrogen) atoms. The number of hydrogen-bond donors (Lipinski definition) is 2. The number of halogens is 2. The molecule has 2 N–H and O–H groups in total. The van der Waals surface area contributed by atoms with Gasteiger partial charge in [0.1, 0.15) is 5.82 Å². The summed E-state index contributed by atoms with van der Waals surface area (Å²) < 4.78 is 19.1. The first-order valence-electron chi connectivity index (χ1n) is 8.75. The molecular formula is C21H23ClFNO4. The fourth-order valence-electron chi connectivity index (χ4n) is 3.18. The topological polar surface area (TPSA) is 75.6 Å². The number of carboxylic acids is 1. The molecule has 2 aromatic rings. The van der Waals surface area contributed by atoms with Gasteiger partial charge in [0, 0.05) is 23.7 Å². The highest BCUT2D eigenvalue weighted by Gasteiger charge is 2.36. The lowest BCUT2D eigenvalue weighted by molar-refractivity contribution is -0.152. The van der Waals surface area contributed by atoms with Gasteiger partial charge in [-0.05, 0) is 49.1 Å². The number of hydrogen-bond acceptors (Lipinski definition) is 3. The predicted molar refractivity (Wildman–Crippen MR) is 106 cm³/mol. The third kappa shape index (κ3) is 5.53. The number of benzene rings is 2. The van der Waals surface area contributed by atoms with Crippen LogP contribution in [0.1, 0.15) is 18.9 Å². The molecule has 0 radical (unpaired) electrons. The van der Waals surface area contributed by atoms with Crippen LogP contribution in [0.4, 0.5) is 4.39 Å². The summed E-state index contributed by atoms with van der Waals surface area (Å²) in [4.78, 5) is 22.6. The fourth-order valence-corrected chi connectivity index (χ4v) is 3.35. The van der Waals surface area contributed by atoms with Gasteiger partial charge in [-0.25, -0.2) is 4.39 Å². The van der Waals surface area contributed by atoms with Gasteiger partial charge in [0.05, 0.1) is 12.0 Å². The standard InChI is InChI=1S/C21H23ClFNO4/c1-21(12-28-2,20(26)27)11-17(24-13-25)9-14-3-5-15(6-4-14)18-10-16(22)7-8-19(18)23/h3-8,10,13,17H,9,11-12H2,1-2H3,(H,24,25)(H,26,27)/t17-,21+/m1/s1. The van der Waals surface area contributed by atoms with Crippen molar-refractivity contribution in [1.29, 1.82) is 0 Å². The summed E-state index contributed by atoms with van der Waals surface area (Å²) in [5, 5.41) is 12.6. The second kappa shape index (κ2) is 9.66. The van der Waals surface area contributed by atoms with Crippen LogP contribution in [0.5, 0.6) is 0 Å². The Hall–Kier alpha value is -2.44. The first-order valence-corrected chi connectivity index (χ1v) is 9.13. The van der Waals surface area contributed by atoms with Gasteiger partial charge in [-0.2, -0.15) is 0 Å². The summed E-state index contributed by atoms with van der Waals surface area (Å²) in [6, 6.07) is 11.2. The lowest BCUT2D eigenvalue weighted by atomic mass is 9.82. The molecule has 2 aromatic carbocycles. The Morgan fingerprint density at radius 2 is 2.00 bits per heavy atom. The molecule has 2 atom stereocenters. The number of carbonyl (C=O) groups is 2.